The molecule has 3 N–H and O–H groups in total. The molecule has 1 unspecified atom stereocenters. The molecule has 0 spiro atoms. The minimum atomic E-state index is 0.423. The first kappa shape index (κ1) is 12.6. The fourth-order valence-corrected chi connectivity index (χ4v) is 3.74. The molecule has 2 heterocycles. The first-order chi connectivity index (χ1) is 9.70. The molecule has 4 nitrogen and oxygen atoms in total. The van der Waals surface area contributed by atoms with Crippen LogP contribution in [0.5, 0.6) is 0 Å². The molecule has 1 aromatic carbocycles. The fraction of sp³-hybridized carbons (Fsp3) is 0.286. The first-order valence-electron chi connectivity index (χ1n) is 6.64. The molecule has 0 amide bonds. The number of aryl methyl sites for hydroxylation is 1. The minimum Gasteiger partial charge on any atom is -0.358 e. The quantitative estimate of drug-likeness (QED) is 0.433. The van der Waals surface area contributed by atoms with Crippen LogP contribution in [0, 0.1) is 8.34 Å². The predicted octanol–water partition coefficient (Wildman–Crippen LogP) is 3.83. The van der Waals surface area contributed by atoms with Gasteiger partial charge in [-0.15, -0.1) is 0 Å². The van der Waals surface area contributed by atoms with Gasteiger partial charge in [0.1, 0.15) is 5.82 Å². The lowest BCUT2D eigenvalue weighted by molar-refractivity contribution is 0.555. The number of hydrogen-bond acceptors (Lipinski definition) is 2. The van der Waals surface area contributed by atoms with Gasteiger partial charge in [-0.05, 0) is 77.8 Å². The molecule has 2 aromatic heterocycles. The topological polar surface area (TPSA) is 60.3 Å². The van der Waals surface area contributed by atoms with Crippen molar-refractivity contribution in [2.75, 3.05) is 0 Å². The summed E-state index contributed by atoms with van der Waals surface area (Å²) in [4.78, 5) is 6.72. The van der Waals surface area contributed by atoms with E-state index in [-0.39, 0.29) is 0 Å². The summed E-state index contributed by atoms with van der Waals surface area (Å²) in [5.74, 6) is 1.41. The molecule has 4 rings (SSSR count). The number of rotatable bonds is 1. The number of aromatic amines is 3. The van der Waals surface area contributed by atoms with Gasteiger partial charge in [-0.1, -0.05) is 0 Å². The van der Waals surface area contributed by atoms with E-state index in [1.54, 1.807) is 0 Å². The zero-order chi connectivity index (χ0) is 13.7. The number of hydrogen-bond donors (Lipinski definition) is 3. The fourth-order valence-electron chi connectivity index (χ4n) is 3.10. The normalized spacial score (nSPS) is 18.4. The maximum absolute atomic E-state index is 5.08. The second-order valence-electron chi connectivity index (χ2n) is 5.27. The van der Waals surface area contributed by atoms with Gasteiger partial charge < -0.3 is 9.97 Å². The number of H-pyrrole nitrogens is 3. The van der Waals surface area contributed by atoms with Crippen molar-refractivity contribution >= 4 is 45.7 Å². The van der Waals surface area contributed by atoms with E-state index in [0.717, 1.165) is 25.1 Å². The summed E-state index contributed by atoms with van der Waals surface area (Å²) in [6.45, 7) is 0. The Balaban J connectivity index is 1.79. The van der Waals surface area contributed by atoms with Crippen molar-refractivity contribution in [3.8, 4) is 0 Å². The van der Waals surface area contributed by atoms with E-state index in [2.05, 4.69) is 61.0 Å². The van der Waals surface area contributed by atoms with E-state index in [4.69, 9.17) is 12.2 Å². The molecule has 1 aliphatic rings. The van der Waals surface area contributed by atoms with Crippen LogP contribution in [0.3, 0.4) is 0 Å². The number of nitrogens with zero attached hydrogens (tertiary/aromatic N) is 1. The standard InChI is InChI=1S/C14H13IN4S/c15-8-2-4-12-10(6-8)9-5-7(1-3-11(9)16-12)13-17-14(20)19-18-13/h2,4,6-7,16H,1,3,5H2,(H2,17,18,19,20). The smallest absolute Gasteiger partial charge is 0.192 e. The Labute approximate surface area is 134 Å². The lowest BCUT2D eigenvalue weighted by atomic mass is 9.86. The third-order valence-corrected chi connectivity index (χ3v) is 4.92. The number of halogens is 1. The van der Waals surface area contributed by atoms with Gasteiger partial charge >= 0.3 is 0 Å². The molecule has 0 fully saturated rings. The van der Waals surface area contributed by atoms with Crippen LogP contribution in [-0.2, 0) is 12.8 Å². The van der Waals surface area contributed by atoms with Crippen LogP contribution in [0.4, 0.5) is 0 Å². The molecule has 0 saturated carbocycles. The summed E-state index contributed by atoms with van der Waals surface area (Å²) in [5.41, 5.74) is 4.07. The number of nitrogens with one attached hydrogen (secondary N) is 3. The van der Waals surface area contributed by atoms with Crippen LogP contribution in [-0.4, -0.2) is 20.2 Å². The maximum atomic E-state index is 5.08. The summed E-state index contributed by atoms with van der Waals surface area (Å²) in [7, 11) is 0. The molecule has 6 heteroatoms. The Hall–Kier alpha value is -1.15. The predicted molar refractivity (Wildman–Crippen MR) is 89.6 cm³/mol. The molecule has 0 saturated heterocycles. The van der Waals surface area contributed by atoms with Gasteiger partial charge in [-0.25, -0.2) is 0 Å². The third-order valence-electron chi connectivity index (χ3n) is 4.06. The average molecular weight is 396 g/mol. The highest BCUT2D eigenvalue weighted by Gasteiger charge is 2.25. The van der Waals surface area contributed by atoms with Crippen molar-refractivity contribution in [1.82, 2.24) is 20.2 Å². The van der Waals surface area contributed by atoms with Crippen LogP contribution < -0.4 is 0 Å². The second kappa shape index (κ2) is 4.70. The Kier molecular flexibility index (Phi) is 2.95. The Morgan fingerprint density at radius 3 is 3.00 bits per heavy atom. The Morgan fingerprint density at radius 1 is 1.30 bits per heavy atom. The van der Waals surface area contributed by atoms with E-state index in [1.165, 1.54) is 25.7 Å². The number of aromatic nitrogens is 4. The molecule has 3 aromatic rings. The number of fused-ring (bicyclic) bond motifs is 3. The van der Waals surface area contributed by atoms with Gasteiger partial charge in [-0.2, -0.15) is 5.10 Å². The van der Waals surface area contributed by atoms with Gasteiger partial charge in [-0.3, -0.25) is 5.10 Å². The molecule has 102 valence electrons. The van der Waals surface area contributed by atoms with Gasteiger partial charge in [0.2, 0.25) is 0 Å². The molecular weight excluding hydrogens is 383 g/mol. The zero-order valence-corrected chi connectivity index (χ0v) is 13.6. The maximum Gasteiger partial charge on any atom is 0.192 e. The highest BCUT2D eigenvalue weighted by Crippen LogP contribution is 2.35. The van der Waals surface area contributed by atoms with Crippen LogP contribution in [0.25, 0.3) is 10.9 Å². The molecule has 0 radical (unpaired) electrons. The van der Waals surface area contributed by atoms with E-state index in [9.17, 15) is 0 Å². The lowest BCUT2D eigenvalue weighted by Crippen LogP contribution is -2.13. The second-order valence-corrected chi connectivity index (χ2v) is 6.93. The van der Waals surface area contributed by atoms with Crippen molar-refractivity contribution in [3.05, 3.63) is 43.6 Å². The van der Waals surface area contributed by atoms with Gasteiger partial charge in [0, 0.05) is 26.1 Å². The van der Waals surface area contributed by atoms with Crippen LogP contribution >= 0.6 is 34.8 Å². The first-order valence-corrected chi connectivity index (χ1v) is 8.13. The summed E-state index contributed by atoms with van der Waals surface area (Å²) < 4.78 is 1.89. The van der Waals surface area contributed by atoms with Crippen LogP contribution in [0.2, 0.25) is 0 Å². The van der Waals surface area contributed by atoms with Crippen molar-refractivity contribution in [1.29, 1.82) is 0 Å². The molecular formula is C14H13IN4S. The summed E-state index contributed by atoms with van der Waals surface area (Å²) >= 11 is 7.45. The van der Waals surface area contributed by atoms with Gasteiger partial charge in [0.15, 0.2) is 4.77 Å². The van der Waals surface area contributed by atoms with Crippen molar-refractivity contribution in [3.63, 3.8) is 0 Å². The van der Waals surface area contributed by atoms with Gasteiger partial charge in [0.05, 0.1) is 0 Å². The largest absolute Gasteiger partial charge is 0.358 e. The van der Waals surface area contributed by atoms with Crippen molar-refractivity contribution < 1.29 is 0 Å². The highest BCUT2D eigenvalue weighted by atomic mass is 127. The molecule has 1 atom stereocenters. The van der Waals surface area contributed by atoms with E-state index in [0.29, 0.717) is 10.7 Å². The SMILES string of the molecule is S=c1[nH]nc(C2CCc3[nH]c4ccc(I)cc4c3C2)[nH]1. The molecule has 0 aliphatic heterocycles. The molecule has 0 bridgehead atoms. The average Bonchev–Trinajstić information content (AvgIpc) is 3.02. The number of benzene rings is 1. The van der Waals surface area contributed by atoms with E-state index in [1.807, 2.05) is 0 Å². The van der Waals surface area contributed by atoms with Crippen molar-refractivity contribution in [2.45, 2.75) is 25.2 Å². The highest BCUT2D eigenvalue weighted by molar-refractivity contribution is 14.1. The minimum absolute atomic E-state index is 0.423. The summed E-state index contributed by atoms with van der Waals surface area (Å²) in [6.07, 6.45) is 3.19. The lowest BCUT2D eigenvalue weighted by Gasteiger charge is -2.20. The molecule has 1 aliphatic carbocycles. The van der Waals surface area contributed by atoms with E-state index < -0.39 is 0 Å². The molecule has 20 heavy (non-hydrogen) atoms. The van der Waals surface area contributed by atoms with Gasteiger partial charge in [0.25, 0.3) is 0 Å². The monoisotopic (exact) mass is 396 g/mol. The van der Waals surface area contributed by atoms with Crippen LogP contribution in [0.1, 0.15) is 29.4 Å². The van der Waals surface area contributed by atoms with E-state index >= 15 is 0 Å². The summed E-state index contributed by atoms with van der Waals surface area (Å²) in [6, 6.07) is 6.58. The van der Waals surface area contributed by atoms with Crippen LogP contribution in [0.15, 0.2) is 18.2 Å². The summed E-state index contributed by atoms with van der Waals surface area (Å²) in [5, 5.41) is 8.48. The Morgan fingerprint density at radius 2 is 2.20 bits per heavy atom. The third kappa shape index (κ3) is 2.01. The van der Waals surface area contributed by atoms with Crippen molar-refractivity contribution in [2.24, 2.45) is 0 Å². The zero-order valence-electron chi connectivity index (χ0n) is 10.7. The Bertz CT molecular complexity index is 844.